The minimum absolute atomic E-state index is 0.0427. The molecule has 1 aliphatic heterocycles. The van der Waals surface area contributed by atoms with Crippen LogP contribution in [0, 0.1) is 13.8 Å². The van der Waals surface area contributed by atoms with Gasteiger partial charge in [-0.2, -0.15) is 4.31 Å². The largest absolute Gasteiger partial charge is 0.361 e. The molecule has 26 heavy (non-hydrogen) atoms. The lowest BCUT2D eigenvalue weighted by Gasteiger charge is -2.34. The standard InChI is InChI=1S/C17H20BrN3O4S/c1-12-16(13(2)25-19-12)11-17(22)20-6-8-21(9-7-20)26(23,24)15-5-3-4-14(18)10-15/h3-5,10H,6-9,11H2,1-2H3. The van der Waals surface area contributed by atoms with Crippen LogP contribution in [0.15, 0.2) is 38.2 Å². The molecule has 9 heteroatoms. The molecular formula is C17H20BrN3O4S. The fourth-order valence-corrected chi connectivity index (χ4v) is 4.99. The van der Waals surface area contributed by atoms with E-state index >= 15 is 0 Å². The van der Waals surface area contributed by atoms with Crippen molar-refractivity contribution in [3.8, 4) is 0 Å². The van der Waals surface area contributed by atoms with Crippen LogP contribution in [-0.4, -0.2) is 54.9 Å². The average Bonchev–Trinajstić information content (AvgIpc) is 2.94. The normalized spacial score (nSPS) is 16.0. The molecule has 2 aromatic rings. The van der Waals surface area contributed by atoms with E-state index in [1.165, 1.54) is 4.31 Å². The first-order chi connectivity index (χ1) is 12.3. The molecule has 0 aliphatic carbocycles. The lowest BCUT2D eigenvalue weighted by atomic mass is 10.1. The van der Waals surface area contributed by atoms with Gasteiger partial charge in [-0.1, -0.05) is 27.2 Å². The van der Waals surface area contributed by atoms with Gasteiger partial charge in [-0.15, -0.1) is 0 Å². The number of benzene rings is 1. The van der Waals surface area contributed by atoms with Crippen LogP contribution < -0.4 is 0 Å². The fourth-order valence-electron chi connectivity index (χ4n) is 2.97. The molecule has 1 aromatic heterocycles. The highest BCUT2D eigenvalue weighted by atomic mass is 79.9. The smallest absolute Gasteiger partial charge is 0.243 e. The number of sulfonamides is 1. The summed E-state index contributed by atoms with van der Waals surface area (Å²) in [4.78, 5) is 14.5. The van der Waals surface area contributed by atoms with Crippen molar-refractivity contribution in [3.05, 3.63) is 45.8 Å². The highest BCUT2D eigenvalue weighted by Crippen LogP contribution is 2.22. The van der Waals surface area contributed by atoms with E-state index in [0.717, 1.165) is 5.56 Å². The summed E-state index contributed by atoms with van der Waals surface area (Å²) < 4.78 is 32.7. The topological polar surface area (TPSA) is 83.7 Å². The van der Waals surface area contributed by atoms with Gasteiger partial charge in [0.25, 0.3) is 0 Å². The van der Waals surface area contributed by atoms with Crippen LogP contribution in [-0.2, 0) is 21.2 Å². The molecule has 0 N–H and O–H groups in total. The van der Waals surface area contributed by atoms with Crippen molar-refractivity contribution in [2.75, 3.05) is 26.2 Å². The highest BCUT2D eigenvalue weighted by Gasteiger charge is 2.30. The van der Waals surface area contributed by atoms with Gasteiger partial charge in [-0.25, -0.2) is 8.42 Å². The molecule has 1 saturated heterocycles. The minimum Gasteiger partial charge on any atom is -0.361 e. The molecular weight excluding hydrogens is 422 g/mol. The van der Waals surface area contributed by atoms with Crippen molar-refractivity contribution in [2.24, 2.45) is 0 Å². The van der Waals surface area contributed by atoms with Crippen LogP contribution in [0.5, 0.6) is 0 Å². The quantitative estimate of drug-likeness (QED) is 0.725. The number of amides is 1. The fraction of sp³-hybridized carbons (Fsp3) is 0.412. The molecule has 0 saturated carbocycles. The van der Waals surface area contributed by atoms with Crippen LogP contribution >= 0.6 is 15.9 Å². The predicted octanol–water partition coefficient (Wildman–Crippen LogP) is 2.13. The third kappa shape index (κ3) is 3.84. The maximum Gasteiger partial charge on any atom is 0.243 e. The first-order valence-electron chi connectivity index (χ1n) is 8.24. The zero-order valence-electron chi connectivity index (χ0n) is 14.6. The summed E-state index contributed by atoms with van der Waals surface area (Å²) in [5, 5.41) is 3.86. The number of aromatic nitrogens is 1. The van der Waals surface area contributed by atoms with E-state index < -0.39 is 10.0 Å². The van der Waals surface area contributed by atoms with Crippen molar-refractivity contribution in [2.45, 2.75) is 25.2 Å². The van der Waals surface area contributed by atoms with Crippen LogP contribution in [0.2, 0.25) is 0 Å². The van der Waals surface area contributed by atoms with Gasteiger partial charge in [-0.3, -0.25) is 4.79 Å². The van der Waals surface area contributed by atoms with E-state index in [4.69, 9.17) is 4.52 Å². The Kier molecular flexibility index (Phi) is 5.50. The summed E-state index contributed by atoms with van der Waals surface area (Å²) in [5.41, 5.74) is 1.52. The average molecular weight is 442 g/mol. The Labute approximate surface area is 161 Å². The number of carbonyl (C=O) groups excluding carboxylic acids is 1. The number of aryl methyl sites for hydroxylation is 2. The summed E-state index contributed by atoms with van der Waals surface area (Å²) >= 11 is 3.30. The summed E-state index contributed by atoms with van der Waals surface area (Å²) in [6, 6.07) is 6.64. The molecule has 1 aromatic carbocycles. The van der Waals surface area contributed by atoms with E-state index in [-0.39, 0.29) is 30.3 Å². The van der Waals surface area contributed by atoms with Crippen LogP contribution in [0.1, 0.15) is 17.0 Å². The lowest BCUT2D eigenvalue weighted by molar-refractivity contribution is -0.131. The van der Waals surface area contributed by atoms with Crippen molar-refractivity contribution in [1.82, 2.24) is 14.4 Å². The molecule has 7 nitrogen and oxygen atoms in total. The van der Waals surface area contributed by atoms with Crippen molar-refractivity contribution < 1.29 is 17.7 Å². The number of rotatable bonds is 4. The van der Waals surface area contributed by atoms with Gasteiger partial charge in [0.2, 0.25) is 15.9 Å². The number of carbonyl (C=O) groups is 1. The van der Waals surface area contributed by atoms with Crippen molar-refractivity contribution in [1.29, 1.82) is 0 Å². The second kappa shape index (κ2) is 7.50. The Balaban J connectivity index is 1.64. The molecule has 0 atom stereocenters. The van der Waals surface area contributed by atoms with Crippen molar-refractivity contribution >= 4 is 31.9 Å². The molecule has 1 amide bonds. The Morgan fingerprint density at radius 1 is 1.23 bits per heavy atom. The molecule has 2 heterocycles. The van der Waals surface area contributed by atoms with Crippen LogP contribution in [0.3, 0.4) is 0 Å². The lowest BCUT2D eigenvalue weighted by Crippen LogP contribution is -2.50. The molecule has 0 unspecified atom stereocenters. The highest BCUT2D eigenvalue weighted by molar-refractivity contribution is 9.10. The number of hydrogen-bond acceptors (Lipinski definition) is 5. The van der Waals surface area contributed by atoms with Crippen LogP contribution in [0.4, 0.5) is 0 Å². The Morgan fingerprint density at radius 3 is 2.50 bits per heavy atom. The van der Waals surface area contributed by atoms with Crippen molar-refractivity contribution in [3.63, 3.8) is 0 Å². The van der Waals surface area contributed by atoms with Crippen LogP contribution in [0.25, 0.3) is 0 Å². The Hall–Kier alpha value is -1.71. The monoisotopic (exact) mass is 441 g/mol. The van der Waals surface area contributed by atoms with E-state index in [1.54, 1.807) is 36.1 Å². The van der Waals surface area contributed by atoms with Gasteiger partial charge in [0.05, 0.1) is 17.0 Å². The summed E-state index contributed by atoms with van der Waals surface area (Å²) in [5.74, 6) is 0.602. The van der Waals surface area contributed by atoms with Gasteiger partial charge < -0.3 is 9.42 Å². The van der Waals surface area contributed by atoms with Gasteiger partial charge in [0.1, 0.15) is 5.76 Å². The number of piperazine rings is 1. The summed E-state index contributed by atoms with van der Waals surface area (Å²) in [6.45, 7) is 4.89. The molecule has 0 bridgehead atoms. The minimum atomic E-state index is -3.56. The van der Waals surface area contributed by atoms with E-state index in [2.05, 4.69) is 21.1 Å². The van der Waals surface area contributed by atoms with Gasteiger partial charge >= 0.3 is 0 Å². The van der Waals surface area contributed by atoms with E-state index in [1.807, 2.05) is 6.92 Å². The van der Waals surface area contributed by atoms with Gasteiger partial charge in [-0.05, 0) is 32.0 Å². The third-order valence-corrected chi connectivity index (χ3v) is 6.92. The maximum atomic E-state index is 12.7. The molecule has 0 spiro atoms. The molecule has 3 rings (SSSR count). The predicted molar refractivity (Wildman–Crippen MR) is 99.2 cm³/mol. The van der Waals surface area contributed by atoms with Gasteiger partial charge in [0.15, 0.2) is 0 Å². The second-order valence-electron chi connectivity index (χ2n) is 6.22. The van der Waals surface area contributed by atoms with E-state index in [9.17, 15) is 13.2 Å². The zero-order chi connectivity index (χ0) is 18.9. The SMILES string of the molecule is Cc1noc(C)c1CC(=O)N1CCN(S(=O)(=O)c2cccc(Br)c2)CC1. The number of halogens is 1. The molecule has 1 fully saturated rings. The maximum absolute atomic E-state index is 12.7. The summed E-state index contributed by atoms with van der Waals surface area (Å²) in [6.07, 6.45) is 0.222. The molecule has 140 valence electrons. The third-order valence-electron chi connectivity index (χ3n) is 4.53. The zero-order valence-corrected chi connectivity index (χ0v) is 17.0. The molecule has 1 aliphatic rings. The second-order valence-corrected chi connectivity index (χ2v) is 9.08. The number of hydrogen-bond donors (Lipinski definition) is 0. The summed E-state index contributed by atoms with van der Waals surface area (Å²) in [7, 11) is -3.56. The Morgan fingerprint density at radius 2 is 1.92 bits per heavy atom. The first kappa shape index (κ1) is 19.1. The van der Waals surface area contributed by atoms with E-state index in [0.29, 0.717) is 29.0 Å². The number of nitrogens with zero attached hydrogens (tertiary/aromatic N) is 3. The molecule has 0 radical (unpaired) electrons. The first-order valence-corrected chi connectivity index (χ1v) is 10.5. The Bertz CT molecular complexity index is 898. The van der Waals surface area contributed by atoms with Gasteiger partial charge in [0, 0.05) is 36.2 Å².